The van der Waals surface area contributed by atoms with Gasteiger partial charge in [0.05, 0.1) is 13.7 Å². The third kappa shape index (κ3) is 4.49. The number of carbonyl (C=O) groups is 1. The SMILES string of the molecule is COc1ccc(C(C)=O)cc1COCCC(C)C. The van der Waals surface area contributed by atoms with Crippen LogP contribution in [0.3, 0.4) is 0 Å². The van der Waals surface area contributed by atoms with Crippen LogP contribution in [0, 0.1) is 5.92 Å². The molecule has 1 aromatic carbocycles. The smallest absolute Gasteiger partial charge is 0.159 e. The van der Waals surface area contributed by atoms with Crippen LogP contribution in [0.5, 0.6) is 5.75 Å². The number of hydrogen-bond donors (Lipinski definition) is 0. The highest BCUT2D eigenvalue weighted by atomic mass is 16.5. The maximum absolute atomic E-state index is 11.3. The second kappa shape index (κ2) is 7.17. The van der Waals surface area contributed by atoms with Gasteiger partial charge in [-0.15, -0.1) is 0 Å². The molecule has 1 rings (SSSR count). The van der Waals surface area contributed by atoms with E-state index in [4.69, 9.17) is 9.47 Å². The van der Waals surface area contributed by atoms with Gasteiger partial charge in [0.2, 0.25) is 0 Å². The number of ketones is 1. The van der Waals surface area contributed by atoms with Crippen LogP contribution in [0.2, 0.25) is 0 Å². The summed E-state index contributed by atoms with van der Waals surface area (Å²) in [6, 6.07) is 5.44. The molecule has 3 nitrogen and oxygen atoms in total. The summed E-state index contributed by atoms with van der Waals surface area (Å²) in [7, 11) is 1.63. The Morgan fingerprint density at radius 3 is 2.61 bits per heavy atom. The summed E-state index contributed by atoms with van der Waals surface area (Å²) in [6.45, 7) is 7.11. The second-order valence-electron chi connectivity index (χ2n) is 4.82. The standard InChI is InChI=1S/C15H22O3/c1-11(2)7-8-18-10-14-9-13(12(3)16)5-6-15(14)17-4/h5-6,9,11H,7-8,10H2,1-4H3. The van der Waals surface area contributed by atoms with Crippen molar-refractivity contribution in [3.05, 3.63) is 29.3 Å². The largest absolute Gasteiger partial charge is 0.496 e. The van der Waals surface area contributed by atoms with Crippen LogP contribution < -0.4 is 4.74 Å². The lowest BCUT2D eigenvalue weighted by Crippen LogP contribution is -2.02. The average Bonchev–Trinajstić information content (AvgIpc) is 2.34. The fraction of sp³-hybridized carbons (Fsp3) is 0.533. The topological polar surface area (TPSA) is 35.5 Å². The van der Waals surface area contributed by atoms with E-state index in [9.17, 15) is 4.79 Å². The van der Waals surface area contributed by atoms with Crippen LogP contribution in [-0.2, 0) is 11.3 Å². The Kier molecular flexibility index (Phi) is 5.86. The molecule has 0 aromatic heterocycles. The zero-order chi connectivity index (χ0) is 13.5. The van der Waals surface area contributed by atoms with Crippen molar-refractivity contribution in [3.63, 3.8) is 0 Å². The molecular weight excluding hydrogens is 228 g/mol. The monoisotopic (exact) mass is 250 g/mol. The number of Topliss-reactive ketones (excluding diaryl/α,β-unsaturated/α-hetero) is 1. The van der Waals surface area contributed by atoms with Crippen LogP contribution in [0.25, 0.3) is 0 Å². The number of methoxy groups -OCH3 is 1. The van der Waals surface area contributed by atoms with E-state index in [1.807, 2.05) is 12.1 Å². The quantitative estimate of drug-likeness (QED) is 0.549. The van der Waals surface area contributed by atoms with Gasteiger partial charge in [-0.25, -0.2) is 0 Å². The maximum atomic E-state index is 11.3. The van der Waals surface area contributed by atoms with Gasteiger partial charge >= 0.3 is 0 Å². The molecule has 0 aliphatic rings. The van der Waals surface area contributed by atoms with Gasteiger partial charge < -0.3 is 9.47 Å². The molecule has 18 heavy (non-hydrogen) atoms. The zero-order valence-corrected chi connectivity index (χ0v) is 11.7. The van der Waals surface area contributed by atoms with Crippen molar-refractivity contribution < 1.29 is 14.3 Å². The van der Waals surface area contributed by atoms with E-state index < -0.39 is 0 Å². The van der Waals surface area contributed by atoms with E-state index in [0.717, 1.165) is 24.3 Å². The normalized spacial score (nSPS) is 10.7. The first kappa shape index (κ1) is 14.7. The van der Waals surface area contributed by atoms with Crippen LogP contribution in [0.1, 0.15) is 43.1 Å². The van der Waals surface area contributed by atoms with Gasteiger partial charge in [-0.1, -0.05) is 13.8 Å². The minimum absolute atomic E-state index is 0.0566. The summed E-state index contributed by atoms with van der Waals surface area (Å²) in [6.07, 6.45) is 1.04. The second-order valence-corrected chi connectivity index (χ2v) is 4.82. The summed E-state index contributed by atoms with van der Waals surface area (Å²) in [5, 5.41) is 0. The number of hydrogen-bond acceptors (Lipinski definition) is 3. The first-order chi connectivity index (χ1) is 8.54. The summed E-state index contributed by atoms with van der Waals surface area (Å²) >= 11 is 0. The lowest BCUT2D eigenvalue weighted by atomic mass is 10.1. The Balaban J connectivity index is 2.66. The van der Waals surface area contributed by atoms with Gasteiger partial charge in [0.25, 0.3) is 0 Å². The predicted molar refractivity (Wildman–Crippen MR) is 72.1 cm³/mol. The van der Waals surface area contributed by atoms with Gasteiger partial charge in [0.1, 0.15) is 5.75 Å². The van der Waals surface area contributed by atoms with Crippen LogP contribution in [-0.4, -0.2) is 19.5 Å². The van der Waals surface area contributed by atoms with E-state index in [1.54, 1.807) is 20.1 Å². The van der Waals surface area contributed by atoms with Gasteiger partial charge in [0.15, 0.2) is 5.78 Å². The van der Waals surface area contributed by atoms with E-state index in [-0.39, 0.29) is 5.78 Å². The fourth-order valence-corrected chi connectivity index (χ4v) is 1.61. The first-order valence-corrected chi connectivity index (χ1v) is 6.30. The maximum Gasteiger partial charge on any atom is 0.159 e. The molecule has 3 heteroatoms. The Morgan fingerprint density at radius 2 is 2.06 bits per heavy atom. The van der Waals surface area contributed by atoms with Crippen LogP contribution >= 0.6 is 0 Å². The minimum atomic E-state index is 0.0566. The number of ether oxygens (including phenoxy) is 2. The number of carbonyl (C=O) groups excluding carboxylic acids is 1. The molecule has 1 aromatic rings. The molecule has 0 heterocycles. The van der Waals surface area contributed by atoms with Crippen LogP contribution in [0.15, 0.2) is 18.2 Å². The molecule has 100 valence electrons. The van der Waals surface area contributed by atoms with E-state index in [2.05, 4.69) is 13.8 Å². The molecule has 0 aliphatic heterocycles. The van der Waals surface area contributed by atoms with Crippen molar-refractivity contribution in [1.29, 1.82) is 0 Å². The Bertz CT molecular complexity index is 397. The molecule has 0 bridgehead atoms. The Hall–Kier alpha value is -1.35. The molecular formula is C15H22O3. The Labute approximate surface area is 109 Å². The summed E-state index contributed by atoms with van der Waals surface area (Å²) in [5.41, 5.74) is 1.62. The van der Waals surface area contributed by atoms with Gasteiger partial charge in [0, 0.05) is 17.7 Å². The average molecular weight is 250 g/mol. The highest BCUT2D eigenvalue weighted by molar-refractivity contribution is 5.94. The van der Waals surface area contributed by atoms with E-state index in [1.165, 1.54) is 0 Å². The van der Waals surface area contributed by atoms with E-state index in [0.29, 0.717) is 18.1 Å². The molecule has 0 N–H and O–H groups in total. The highest BCUT2D eigenvalue weighted by Gasteiger charge is 2.07. The van der Waals surface area contributed by atoms with Crippen molar-refractivity contribution in [2.45, 2.75) is 33.8 Å². The molecule has 0 unspecified atom stereocenters. The number of benzene rings is 1. The third-order valence-electron chi connectivity index (χ3n) is 2.78. The van der Waals surface area contributed by atoms with Gasteiger partial charge in [-0.3, -0.25) is 4.79 Å². The molecule has 0 atom stereocenters. The zero-order valence-electron chi connectivity index (χ0n) is 11.7. The van der Waals surface area contributed by atoms with E-state index >= 15 is 0 Å². The summed E-state index contributed by atoms with van der Waals surface area (Å²) in [5.74, 6) is 1.46. The molecule has 0 fully saturated rings. The number of rotatable bonds is 7. The molecule has 0 spiro atoms. The first-order valence-electron chi connectivity index (χ1n) is 6.30. The van der Waals surface area contributed by atoms with Crippen molar-refractivity contribution >= 4 is 5.78 Å². The molecule has 0 amide bonds. The van der Waals surface area contributed by atoms with Gasteiger partial charge in [-0.05, 0) is 37.5 Å². The lowest BCUT2D eigenvalue weighted by molar-refractivity contribution is 0.101. The molecule has 0 saturated heterocycles. The third-order valence-corrected chi connectivity index (χ3v) is 2.78. The van der Waals surface area contributed by atoms with Gasteiger partial charge in [-0.2, -0.15) is 0 Å². The summed E-state index contributed by atoms with van der Waals surface area (Å²) < 4.78 is 10.9. The highest BCUT2D eigenvalue weighted by Crippen LogP contribution is 2.21. The van der Waals surface area contributed by atoms with Crippen LogP contribution in [0.4, 0.5) is 0 Å². The van der Waals surface area contributed by atoms with Crippen molar-refractivity contribution in [3.8, 4) is 5.75 Å². The van der Waals surface area contributed by atoms with Crippen molar-refractivity contribution in [2.24, 2.45) is 5.92 Å². The van der Waals surface area contributed by atoms with Crippen molar-refractivity contribution in [2.75, 3.05) is 13.7 Å². The minimum Gasteiger partial charge on any atom is -0.496 e. The molecule has 0 aliphatic carbocycles. The van der Waals surface area contributed by atoms with Crippen molar-refractivity contribution in [1.82, 2.24) is 0 Å². The summed E-state index contributed by atoms with van der Waals surface area (Å²) in [4.78, 5) is 11.3. The fourth-order valence-electron chi connectivity index (χ4n) is 1.61. The molecule has 0 radical (unpaired) electrons. The molecule has 0 saturated carbocycles. The Morgan fingerprint density at radius 1 is 1.33 bits per heavy atom. The lowest BCUT2D eigenvalue weighted by Gasteiger charge is -2.11. The predicted octanol–water partition coefficient (Wildman–Crippen LogP) is 3.46.